The van der Waals surface area contributed by atoms with Gasteiger partial charge in [-0.1, -0.05) is 26.7 Å². The van der Waals surface area contributed by atoms with E-state index in [4.69, 9.17) is 4.74 Å². The highest BCUT2D eigenvalue weighted by Crippen LogP contribution is 2.69. The molecule has 0 aromatic rings. The Morgan fingerprint density at radius 3 is 2.65 bits per heavy atom. The average Bonchev–Trinajstić information content (AvgIpc) is 3.16. The largest absolute Gasteiger partial charge is 0.369 e. The molecule has 0 aromatic carbocycles. The lowest BCUT2D eigenvalue weighted by atomic mass is 9.45. The fraction of sp³-hybridized carbons (Fsp3) is 1.00. The van der Waals surface area contributed by atoms with Gasteiger partial charge in [0, 0.05) is 0 Å². The van der Waals surface area contributed by atoms with Crippen LogP contribution >= 0.6 is 0 Å². The normalized spacial score (nSPS) is 63.9. The van der Waals surface area contributed by atoms with E-state index >= 15 is 0 Å². The first-order valence-electron chi connectivity index (χ1n) is 9.28. The minimum atomic E-state index is 0.559. The van der Waals surface area contributed by atoms with Crippen molar-refractivity contribution in [3.05, 3.63) is 0 Å². The van der Waals surface area contributed by atoms with Gasteiger partial charge in [0.05, 0.1) is 12.2 Å². The van der Waals surface area contributed by atoms with Gasteiger partial charge in [0.2, 0.25) is 0 Å². The third-order valence-corrected chi connectivity index (χ3v) is 8.74. The summed E-state index contributed by atoms with van der Waals surface area (Å²) in [7, 11) is 0. The van der Waals surface area contributed by atoms with Crippen LogP contribution < -0.4 is 0 Å². The summed E-state index contributed by atoms with van der Waals surface area (Å²) in [5, 5.41) is 0. The molecule has 1 heteroatoms. The van der Waals surface area contributed by atoms with Crippen LogP contribution in [0.5, 0.6) is 0 Å². The van der Waals surface area contributed by atoms with Crippen LogP contribution in [0.2, 0.25) is 0 Å². The van der Waals surface area contributed by atoms with Crippen LogP contribution in [-0.4, -0.2) is 12.2 Å². The fourth-order valence-electron chi connectivity index (χ4n) is 7.59. The molecular formula is C19H30O. The van der Waals surface area contributed by atoms with Crippen LogP contribution in [0, 0.1) is 34.5 Å². The van der Waals surface area contributed by atoms with E-state index in [1.165, 1.54) is 44.9 Å². The second-order valence-electron chi connectivity index (χ2n) is 9.28. The second-order valence-corrected chi connectivity index (χ2v) is 9.28. The van der Waals surface area contributed by atoms with Crippen molar-refractivity contribution in [2.45, 2.75) is 83.8 Å². The van der Waals surface area contributed by atoms with Crippen LogP contribution in [0.25, 0.3) is 0 Å². The molecule has 4 saturated carbocycles. The maximum Gasteiger partial charge on any atom is 0.0898 e. The van der Waals surface area contributed by atoms with Gasteiger partial charge >= 0.3 is 0 Å². The molecule has 1 saturated heterocycles. The number of hydrogen-bond acceptors (Lipinski definition) is 1. The van der Waals surface area contributed by atoms with E-state index in [0.29, 0.717) is 23.0 Å². The summed E-state index contributed by atoms with van der Waals surface area (Å²) < 4.78 is 5.94. The zero-order valence-electron chi connectivity index (χ0n) is 13.2. The summed E-state index contributed by atoms with van der Waals surface area (Å²) in [5.41, 5.74) is 1.26. The molecule has 8 atom stereocenters. The molecule has 20 heavy (non-hydrogen) atoms. The van der Waals surface area contributed by atoms with E-state index in [9.17, 15) is 0 Å². The molecule has 0 unspecified atom stereocenters. The van der Waals surface area contributed by atoms with Crippen LogP contribution in [0.1, 0.15) is 71.6 Å². The SMILES string of the molecule is C[C@@]12CCCC[C@@H]1CC[C@H]1[C@H]2CC[C@]2(C)[C@@H]3O[C@@H]3C[C@@H]12. The van der Waals surface area contributed by atoms with Crippen molar-refractivity contribution < 1.29 is 4.74 Å². The Labute approximate surface area is 123 Å². The molecular weight excluding hydrogens is 244 g/mol. The van der Waals surface area contributed by atoms with Gasteiger partial charge < -0.3 is 4.74 Å². The van der Waals surface area contributed by atoms with Crippen molar-refractivity contribution in [3.63, 3.8) is 0 Å². The molecule has 1 aliphatic heterocycles. The number of hydrogen-bond donors (Lipinski definition) is 0. The van der Waals surface area contributed by atoms with E-state index in [0.717, 1.165) is 23.7 Å². The van der Waals surface area contributed by atoms with Crippen molar-refractivity contribution >= 4 is 0 Å². The minimum Gasteiger partial charge on any atom is -0.369 e. The van der Waals surface area contributed by atoms with Crippen molar-refractivity contribution in [1.29, 1.82) is 0 Å². The zero-order valence-corrected chi connectivity index (χ0v) is 13.2. The molecule has 4 aliphatic carbocycles. The molecule has 0 radical (unpaired) electrons. The summed E-state index contributed by atoms with van der Waals surface area (Å²) in [4.78, 5) is 0. The summed E-state index contributed by atoms with van der Waals surface area (Å²) in [6, 6.07) is 0. The standard InChI is InChI=1S/C19H30O/c1-18-9-4-3-5-12(18)6-7-13-14(18)8-10-19(2)15(13)11-16-17(19)20-16/h12-17H,3-11H2,1-2H3/t12-,13+,14-,15+,16-,17-,18-,19+/m1/s1. The van der Waals surface area contributed by atoms with Gasteiger partial charge in [-0.2, -0.15) is 0 Å². The van der Waals surface area contributed by atoms with E-state index in [1.54, 1.807) is 12.8 Å². The predicted octanol–water partition coefficient (Wildman–Crippen LogP) is 4.80. The molecule has 5 aliphatic rings. The Hall–Kier alpha value is -0.0400. The Morgan fingerprint density at radius 2 is 1.75 bits per heavy atom. The first-order chi connectivity index (χ1) is 9.63. The lowest BCUT2D eigenvalue weighted by Crippen LogP contribution is -2.53. The molecule has 112 valence electrons. The molecule has 0 amide bonds. The first kappa shape index (κ1) is 12.5. The van der Waals surface area contributed by atoms with Gasteiger partial charge in [0.15, 0.2) is 0 Å². The highest BCUT2D eigenvalue weighted by atomic mass is 16.6. The molecule has 5 fully saturated rings. The number of epoxide rings is 1. The highest BCUT2D eigenvalue weighted by Gasteiger charge is 2.67. The van der Waals surface area contributed by atoms with Crippen molar-refractivity contribution in [2.75, 3.05) is 0 Å². The van der Waals surface area contributed by atoms with Gasteiger partial charge in [0.1, 0.15) is 0 Å². The average molecular weight is 274 g/mol. The van der Waals surface area contributed by atoms with E-state index < -0.39 is 0 Å². The number of fused-ring (bicyclic) bond motifs is 7. The van der Waals surface area contributed by atoms with Gasteiger partial charge in [0.25, 0.3) is 0 Å². The predicted molar refractivity (Wildman–Crippen MR) is 80.4 cm³/mol. The number of ether oxygens (including phenoxy) is 1. The van der Waals surface area contributed by atoms with E-state index in [1.807, 2.05) is 0 Å². The van der Waals surface area contributed by atoms with Crippen molar-refractivity contribution in [2.24, 2.45) is 34.5 Å². The maximum atomic E-state index is 5.94. The lowest BCUT2D eigenvalue weighted by molar-refractivity contribution is -0.117. The monoisotopic (exact) mass is 274 g/mol. The number of rotatable bonds is 0. The summed E-state index contributed by atoms with van der Waals surface area (Å²) in [5.74, 6) is 4.17. The van der Waals surface area contributed by atoms with Gasteiger partial charge in [-0.3, -0.25) is 0 Å². The van der Waals surface area contributed by atoms with E-state index in [-0.39, 0.29) is 0 Å². The third kappa shape index (κ3) is 1.39. The summed E-state index contributed by atoms with van der Waals surface area (Å²) >= 11 is 0. The Bertz CT molecular complexity index is 431. The van der Waals surface area contributed by atoms with Gasteiger partial charge in [-0.25, -0.2) is 0 Å². The van der Waals surface area contributed by atoms with Crippen molar-refractivity contribution in [1.82, 2.24) is 0 Å². The van der Waals surface area contributed by atoms with Crippen LogP contribution in [-0.2, 0) is 4.74 Å². The van der Waals surface area contributed by atoms with Gasteiger partial charge in [-0.05, 0) is 79.4 Å². The molecule has 0 bridgehead atoms. The minimum absolute atomic E-state index is 0.559. The van der Waals surface area contributed by atoms with Crippen LogP contribution in [0.4, 0.5) is 0 Å². The second kappa shape index (κ2) is 3.83. The molecule has 0 spiro atoms. The quantitative estimate of drug-likeness (QED) is 0.578. The van der Waals surface area contributed by atoms with Crippen LogP contribution in [0.3, 0.4) is 0 Å². The molecule has 0 aromatic heterocycles. The fourth-order valence-corrected chi connectivity index (χ4v) is 7.59. The third-order valence-electron chi connectivity index (χ3n) is 8.74. The molecule has 0 N–H and O–H groups in total. The topological polar surface area (TPSA) is 12.5 Å². The zero-order chi connectivity index (χ0) is 13.5. The van der Waals surface area contributed by atoms with E-state index in [2.05, 4.69) is 13.8 Å². The molecule has 1 nitrogen and oxygen atoms in total. The highest BCUT2D eigenvalue weighted by molar-refractivity contribution is 5.16. The first-order valence-corrected chi connectivity index (χ1v) is 9.28. The Morgan fingerprint density at radius 1 is 0.850 bits per heavy atom. The Kier molecular flexibility index (Phi) is 2.39. The van der Waals surface area contributed by atoms with Gasteiger partial charge in [-0.15, -0.1) is 0 Å². The lowest BCUT2D eigenvalue weighted by Gasteiger charge is -2.60. The summed E-state index contributed by atoms with van der Waals surface area (Å²) in [6.45, 7) is 5.25. The molecule has 1 heterocycles. The van der Waals surface area contributed by atoms with Crippen molar-refractivity contribution in [3.8, 4) is 0 Å². The molecule has 5 rings (SSSR count). The maximum absolute atomic E-state index is 5.94. The smallest absolute Gasteiger partial charge is 0.0898 e. The summed E-state index contributed by atoms with van der Waals surface area (Å²) in [6.07, 6.45) is 14.9. The van der Waals surface area contributed by atoms with Crippen LogP contribution in [0.15, 0.2) is 0 Å². The Balaban J connectivity index is 1.48.